The molecule has 0 unspecified atom stereocenters. The van der Waals surface area contributed by atoms with Crippen LogP contribution < -0.4 is 21.7 Å². The van der Waals surface area contributed by atoms with Crippen molar-refractivity contribution >= 4 is 35.5 Å². The number of carbonyl (C=O) groups is 6. The molecule has 2 heterocycles. The molecule has 0 aromatic heterocycles. The maximum atomic E-state index is 13.1. The first kappa shape index (κ1) is 31.0. The van der Waals surface area contributed by atoms with Gasteiger partial charge >= 0.3 is 5.97 Å². The lowest BCUT2D eigenvalue weighted by Gasteiger charge is -2.29. The van der Waals surface area contributed by atoms with Crippen molar-refractivity contribution in [1.29, 1.82) is 0 Å². The van der Waals surface area contributed by atoms with Crippen molar-refractivity contribution < 1.29 is 33.9 Å². The summed E-state index contributed by atoms with van der Waals surface area (Å²) in [4.78, 5) is 78.0. The summed E-state index contributed by atoms with van der Waals surface area (Å²) in [5.41, 5.74) is 5.46. The van der Waals surface area contributed by atoms with Crippen molar-refractivity contribution in [3.05, 3.63) is 0 Å². The Bertz CT molecular complexity index is 911. The van der Waals surface area contributed by atoms with E-state index < -0.39 is 53.8 Å². The predicted octanol–water partition coefficient (Wildman–Crippen LogP) is -1.20. The first-order valence-corrected chi connectivity index (χ1v) is 13.3. The van der Waals surface area contributed by atoms with E-state index in [2.05, 4.69) is 16.0 Å². The number of aliphatic carboxylic acids is 1. The van der Waals surface area contributed by atoms with Gasteiger partial charge in [-0.25, -0.2) is 4.79 Å². The van der Waals surface area contributed by atoms with Crippen molar-refractivity contribution in [3.63, 3.8) is 0 Å². The molecule has 2 aliphatic rings. The van der Waals surface area contributed by atoms with Gasteiger partial charge in [0.2, 0.25) is 29.5 Å². The molecule has 13 heteroatoms. The molecule has 2 fully saturated rings. The molecule has 6 N–H and O–H groups in total. The van der Waals surface area contributed by atoms with Gasteiger partial charge in [-0.05, 0) is 37.5 Å². The SMILES string of the molecule is CC[C@H](C)[C@H](NC(=O)[C@@H]1CCCN1C(=O)CN)C(=O)NCC(=O)N1CCC[C@H]1C(=O)N[C@H](C(=O)O)C(C)C. The standard InChI is InChI=1S/C25H42N6O7/c1-5-15(4)21(29-23(35)16-8-6-10-30(16)18(32)12-26)24(36)27-13-19(33)31-11-7-9-17(31)22(34)28-20(14(2)3)25(37)38/h14-17,20-21H,5-13,26H2,1-4H3,(H,27,36)(H,28,34)(H,29,35)(H,37,38)/t15-,16-,17-,20-,21-/m0/s1. The van der Waals surface area contributed by atoms with Crippen molar-refractivity contribution in [2.75, 3.05) is 26.2 Å². The van der Waals surface area contributed by atoms with E-state index in [0.717, 1.165) is 0 Å². The number of hydrogen-bond donors (Lipinski definition) is 5. The zero-order valence-electron chi connectivity index (χ0n) is 22.7. The van der Waals surface area contributed by atoms with Gasteiger partial charge in [0.05, 0.1) is 13.1 Å². The van der Waals surface area contributed by atoms with Gasteiger partial charge in [-0.2, -0.15) is 0 Å². The molecule has 2 aliphatic heterocycles. The Morgan fingerprint density at radius 1 is 0.868 bits per heavy atom. The molecule has 214 valence electrons. The molecule has 0 aromatic carbocycles. The molecule has 5 amide bonds. The fourth-order valence-corrected chi connectivity index (χ4v) is 4.88. The largest absolute Gasteiger partial charge is 0.480 e. The van der Waals surface area contributed by atoms with E-state index in [0.29, 0.717) is 45.2 Å². The molecule has 13 nitrogen and oxygen atoms in total. The molecule has 2 saturated heterocycles. The van der Waals surface area contributed by atoms with Gasteiger partial charge in [0.15, 0.2) is 0 Å². The minimum absolute atomic E-state index is 0.203. The third-order valence-corrected chi connectivity index (χ3v) is 7.36. The van der Waals surface area contributed by atoms with Crippen LogP contribution in [0.3, 0.4) is 0 Å². The zero-order valence-corrected chi connectivity index (χ0v) is 22.7. The summed E-state index contributed by atoms with van der Waals surface area (Å²) in [5.74, 6) is -4.06. The Labute approximate surface area is 223 Å². The number of carbonyl (C=O) groups excluding carboxylic acids is 5. The highest BCUT2D eigenvalue weighted by Crippen LogP contribution is 2.20. The highest BCUT2D eigenvalue weighted by atomic mass is 16.4. The summed E-state index contributed by atoms with van der Waals surface area (Å²) in [5, 5.41) is 17.2. The number of carboxylic acids is 1. The normalized spacial score (nSPS) is 21.5. The summed E-state index contributed by atoms with van der Waals surface area (Å²) in [6.07, 6.45) is 2.68. The van der Waals surface area contributed by atoms with Crippen molar-refractivity contribution in [1.82, 2.24) is 25.8 Å². The van der Waals surface area contributed by atoms with Crippen LogP contribution in [-0.2, 0) is 28.8 Å². The first-order chi connectivity index (χ1) is 17.9. The molecule has 0 bridgehead atoms. The number of likely N-dealkylation sites (tertiary alicyclic amines) is 2. The van der Waals surface area contributed by atoms with E-state index in [1.165, 1.54) is 9.80 Å². The van der Waals surface area contributed by atoms with Crippen LogP contribution >= 0.6 is 0 Å². The van der Waals surface area contributed by atoms with Gasteiger partial charge in [0.25, 0.3) is 0 Å². The van der Waals surface area contributed by atoms with Crippen LogP contribution in [0, 0.1) is 11.8 Å². The lowest BCUT2D eigenvalue weighted by molar-refractivity contribution is -0.145. The maximum absolute atomic E-state index is 13.1. The van der Waals surface area contributed by atoms with Gasteiger partial charge in [0, 0.05) is 13.1 Å². The topological polar surface area (TPSA) is 191 Å². The quantitative estimate of drug-likeness (QED) is 0.205. The average Bonchev–Trinajstić information content (AvgIpc) is 3.57. The van der Waals surface area contributed by atoms with Gasteiger partial charge in [-0.1, -0.05) is 34.1 Å². The van der Waals surface area contributed by atoms with Gasteiger partial charge in [0.1, 0.15) is 24.2 Å². The van der Waals surface area contributed by atoms with E-state index in [-0.39, 0.29) is 30.8 Å². The molecule has 0 radical (unpaired) electrons. The molecular weight excluding hydrogens is 496 g/mol. The minimum atomic E-state index is -1.15. The summed E-state index contributed by atoms with van der Waals surface area (Å²) >= 11 is 0. The highest BCUT2D eigenvalue weighted by Gasteiger charge is 2.38. The van der Waals surface area contributed by atoms with Gasteiger partial charge in [-0.3, -0.25) is 24.0 Å². The Hall–Kier alpha value is -3.22. The summed E-state index contributed by atoms with van der Waals surface area (Å²) in [6, 6.07) is -3.51. The molecule has 0 aromatic rings. The van der Waals surface area contributed by atoms with Crippen LogP contribution in [0.2, 0.25) is 0 Å². The molecule has 0 spiro atoms. The molecule has 2 rings (SSSR count). The van der Waals surface area contributed by atoms with E-state index in [9.17, 15) is 33.9 Å². The first-order valence-electron chi connectivity index (χ1n) is 13.3. The Kier molecular flexibility index (Phi) is 11.5. The number of nitrogens with one attached hydrogen (secondary N) is 3. The van der Waals surface area contributed by atoms with Crippen LogP contribution in [0.25, 0.3) is 0 Å². The van der Waals surface area contributed by atoms with Crippen molar-refractivity contribution in [3.8, 4) is 0 Å². The second-order valence-electron chi connectivity index (χ2n) is 10.4. The molecule has 5 atom stereocenters. The number of nitrogens with two attached hydrogens (primary N) is 1. The minimum Gasteiger partial charge on any atom is -0.480 e. The second-order valence-corrected chi connectivity index (χ2v) is 10.4. The number of hydrogen-bond acceptors (Lipinski definition) is 7. The third kappa shape index (κ3) is 7.65. The predicted molar refractivity (Wildman–Crippen MR) is 137 cm³/mol. The van der Waals surface area contributed by atoms with Gasteiger partial charge in [-0.15, -0.1) is 0 Å². The average molecular weight is 539 g/mol. The van der Waals surface area contributed by atoms with Crippen LogP contribution in [-0.4, -0.2) is 101 Å². The van der Waals surface area contributed by atoms with E-state index in [1.807, 2.05) is 6.92 Å². The van der Waals surface area contributed by atoms with E-state index >= 15 is 0 Å². The van der Waals surface area contributed by atoms with Gasteiger partial charge < -0.3 is 36.6 Å². The summed E-state index contributed by atoms with van der Waals surface area (Å²) in [7, 11) is 0. The number of amides is 5. The fraction of sp³-hybridized carbons (Fsp3) is 0.760. The maximum Gasteiger partial charge on any atom is 0.326 e. The van der Waals surface area contributed by atoms with E-state index in [1.54, 1.807) is 20.8 Å². The number of rotatable bonds is 12. The van der Waals surface area contributed by atoms with Crippen LogP contribution in [0.5, 0.6) is 0 Å². The Morgan fingerprint density at radius 2 is 1.37 bits per heavy atom. The van der Waals surface area contributed by atoms with Crippen LogP contribution in [0.1, 0.15) is 59.8 Å². The monoisotopic (exact) mass is 538 g/mol. The Morgan fingerprint density at radius 3 is 1.82 bits per heavy atom. The number of carboxylic acid groups (broad SMARTS) is 1. The fourth-order valence-electron chi connectivity index (χ4n) is 4.88. The van der Waals surface area contributed by atoms with Crippen LogP contribution in [0.15, 0.2) is 0 Å². The lowest BCUT2D eigenvalue weighted by Crippen LogP contribution is -2.57. The van der Waals surface area contributed by atoms with Crippen LogP contribution in [0.4, 0.5) is 0 Å². The number of nitrogens with zero attached hydrogens (tertiary/aromatic N) is 2. The summed E-state index contributed by atoms with van der Waals surface area (Å²) in [6.45, 7) is 7.19. The van der Waals surface area contributed by atoms with E-state index in [4.69, 9.17) is 5.73 Å². The van der Waals surface area contributed by atoms with Crippen molar-refractivity contribution in [2.24, 2.45) is 17.6 Å². The third-order valence-electron chi connectivity index (χ3n) is 7.36. The molecule has 0 aliphatic carbocycles. The lowest BCUT2D eigenvalue weighted by atomic mass is 9.97. The highest BCUT2D eigenvalue weighted by molar-refractivity contribution is 5.95. The Balaban J connectivity index is 2.01. The molecule has 0 saturated carbocycles. The summed E-state index contributed by atoms with van der Waals surface area (Å²) < 4.78 is 0. The molecule has 38 heavy (non-hydrogen) atoms. The van der Waals surface area contributed by atoms with Crippen molar-refractivity contribution in [2.45, 2.75) is 84.0 Å². The smallest absolute Gasteiger partial charge is 0.326 e. The molecular formula is C25H42N6O7. The zero-order chi connectivity index (χ0) is 28.6. The second kappa shape index (κ2) is 14.1.